The maximum atomic E-state index is 12.7. The second kappa shape index (κ2) is 6.07. The smallest absolute Gasteiger partial charge is 0.294 e. The number of aromatic nitrogens is 1. The molecule has 0 aliphatic carbocycles. The number of para-hydroxylation sites is 1. The summed E-state index contributed by atoms with van der Waals surface area (Å²) in [5.41, 5.74) is 1.80. The number of rotatable bonds is 1. The molecule has 0 fully saturated rings. The first-order chi connectivity index (χ1) is 9.88. The van der Waals surface area contributed by atoms with E-state index in [4.69, 9.17) is 4.55 Å². The van der Waals surface area contributed by atoms with Crippen LogP contribution in [-0.4, -0.2) is 18.0 Å². The van der Waals surface area contributed by atoms with Gasteiger partial charge in [0.2, 0.25) is 0 Å². The number of hydrogen-bond acceptors (Lipinski definition) is 2. The highest BCUT2D eigenvalue weighted by molar-refractivity contribution is 7.85. The zero-order valence-electron chi connectivity index (χ0n) is 11.2. The topological polar surface area (TPSA) is 70.2 Å². The zero-order valence-corrected chi connectivity index (χ0v) is 12.1. The Kier molecular flexibility index (Phi) is 4.40. The van der Waals surface area contributed by atoms with Gasteiger partial charge in [-0.2, -0.15) is 8.42 Å². The second-order valence-electron chi connectivity index (χ2n) is 4.47. The van der Waals surface area contributed by atoms with E-state index >= 15 is 0 Å². The van der Waals surface area contributed by atoms with E-state index in [2.05, 4.69) is 4.98 Å². The molecule has 0 saturated heterocycles. The van der Waals surface area contributed by atoms with E-state index in [0.29, 0.717) is 5.39 Å². The van der Waals surface area contributed by atoms with Crippen LogP contribution in [0.4, 0.5) is 4.39 Å². The number of benzene rings is 2. The molecule has 0 unspecified atom stereocenters. The quantitative estimate of drug-likeness (QED) is 0.675. The minimum absolute atomic E-state index is 0.0666. The molecule has 0 atom stereocenters. The van der Waals surface area contributed by atoms with E-state index in [1.807, 2.05) is 25.1 Å². The first-order valence-corrected chi connectivity index (χ1v) is 7.58. The van der Waals surface area contributed by atoms with Gasteiger partial charge in [0.25, 0.3) is 10.1 Å². The molecular formula is C15H14FNO3S. The van der Waals surface area contributed by atoms with Crippen molar-refractivity contribution in [3.63, 3.8) is 0 Å². The highest BCUT2D eigenvalue weighted by atomic mass is 32.2. The summed E-state index contributed by atoms with van der Waals surface area (Å²) in [6, 6.07) is 13.3. The van der Waals surface area contributed by atoms with Crippen LogP contribution >= 0.6 is 0 Å². The van der Waals surface area contributed by atoms with Crippen molar-refractivity contribution in [3.05, 3.63) is 66.1 Å². The number of H-pyrrole nitrogens is 1. The molecule has 1 heterocycles. The minimum atomic E-state index is -4.02. The summed E-state index contributed by atoms with van der Waals surface area (Å²) < 4.78 is 42.3. The molecule has 0 radical (unpaired) electrons. The maximum Gasteiger partial charge on any atom is 0.294 e. The van der Waals surface area contributed by atoms with Crippen molar-refractivity contribution in [3.8, 4) is 0 Å². The minimum Gasteiger partial charge on any atom is -0.359 e. The zero-order chi connectivity index (χ0) is 15.5. The average molecular weight is 307 g/mol. The largest absolute Gasteiger partial charge is 0.359 e. The Bertz CT molecular complexity index is 839. The summed E-state index contributed by atoms with van der Waals surface area (Å²) in [4.78, 5) is 2.75. The third kappa shape index (κ3) is 3.90. The molecular weight excluding hydrogens is 293 g/mol. The average Bonchev–Trinajstić information content (AvgIpc) is 2.81. The molecule has 6 heteroatoms. The lowest BCUT2D eigenvalue weighted by atomic mass is 10.2. The number of aromatic amines is 1. The lowest BCUT2D eigenvalue weighted by Gasteiger charge is -1.95. The van der Waals surface area contributed by atoms with Crippen LogP contribution in [-0.2, 0) is 10.1 Å². The van der Waals surface area contributed by atoms with Gasteiger partial charge in [-0.25, -0.2) is 4.39 Å². The van der Waals surface area contributed by atoms with Gasteiger partial charge in [0.15, 0.2) is 0 Å². The van der Waals surface area contributed by atoms with Gasteiger partial charge >= 0.3 is 0 Å². The molecule has 0 saturated carbocycles. The molecule has 3 aromatic rings. The van der Waals surface area contributed by atoms with E-state index in [9.17, 15) is 12.8 Å². The lowest BCUT2D eigenvalue weighted by Crippen LogP contribution is -1.96. The van der Waals surface area contributed by atoms with Crippen molar-refractivity contribution in [1.29, 1.82) is 0 Å². The van der Waals surface area contributed by atoms with Crippen molar-refractivity contribution in [2.24, 2.45) is 0 Å². The lowest BCUT2D eigenvalue weighted by molar-refractivity contribution is 0.483. The Labute approximate surface area is 122 Å². The third-order valence-corrected chi connectivity index (χ3v) is 3.73. The summed E-state index contributed by atoms with van der Waals surface area (Å²) in [5, 5.41) is 0.655. The summed E-state index contributed by atoms with van der Waals surface area (Å²) in [6.07, 6.45) is 1.37. The van der Waals surface area contributed by atoms with Gasteiger partial charge in [0.05, 0.1) is 4.90 Å². The molecule has 2 aromatic carbocycles. The normalized spacial score (nSPS) is 11.0. The predicted octanol–water partition coefficient (Wildman–Crippen LogP) is 3.55. The van der Waals surface area contributed by atoms with Gasteiger partial charge in [-0.1, -0.05) is 29.8 Å². The Morgan fingerprint density at radius 3 is 2.24 bits per heavy atom. The van der Waals surface area contributed by atoms with Crippen molar-refractivity contribution >= 4 is 21.0 Å². The number of hydrogen-bond donors (Lipinski definition) is 2. The maximum absolute atomic E-state index is 12.7. The van der Waals surface area contributed by atoms with Gasteiger partial charge in [0, 0.05) is 17.1 Å². The van der Waals surface area contributed by atoms with E-state index in [1.54, 1.807) is 18.2 Å². The van der Waals surface area contributed by atoms with Crippen LogP contribution in [0.2, 0.25) is 0 Å². The Hall–Kier alpha value is -2.18. The van der Waals surface area contributed by atoms with Gasteiger partial charge in [0.1, 0.15) is 5.82 Å². The SMILES string of the molecule is Cc1ccc(S(=O)(=O)O)cc1.Fc1c[nH]c2ccccc12. The molecule has 0 amide bonds. The monoisotopic (exact) mass is 307 g/mol. The van der Waals surface area contributed by atoms with E-state index in [0.717, 1.165) is 11.1 Å². The van der Waals surface area contributed by atoms with Crippen molar-refractivity contribution in [2.75, 3.05) is 0 Å². The predicted molar refractivity (Wildman–Crippen MR) is 79.3 cm³/mol. The highest BCUT2D eigenvalue weighted by Crippen LogP contribution is 2.14. The standard InChI is InChI=1S/C8H6FN.C7H8O3S/c9-7-5-10-8-4-2-1-3-6(7)8;1-6-2-4-7(5-3-6)11(8,9)10/h1-5,10H;2-5H,1H3,(H,8,9,10). The number of fused-ring (bicyclic) bond motifs is 1. The van der Waals surface area contributed by atoms with Crippen LogP contribution in [0, 0.1) is 12.7 Å². The Morgan fingerprint density at radius 2 is 1.67 bits per heavy atom. The molecule has 0 aliphatic rings. The molecule has 0 bridgehead atoms. The number of aryl methyl sites for hydroxylation is 1. The van der Waals surface area contributed by atoms with Crippen LogP contribution in [0.15, 0.2) is 59.6 Å². The van der Waals surface area contributed by atoms with Gasteiger partial charge in [-0.05, 0) is 31.2 Å². The Balaban J connectivity index is 0.000000154. The van der Waals surface area contributed by atoms with Crippen LogP contribution in [0.25, 0.3) is 10.9 Å². The summed E-state index contributed by atoms with van der Waals surface area (Å²) in [6.45, 7) is 1.84. The van der Waals surface area contributed by atoms with Crippen LogP contribution in [0.5, 0.6) is 0 Å². The number of halogens is 1. The molecule has 0 aliphatic heterocycles. The third-order valence-electron chi connectivity index (χ3n) is 2.86. The van der Waals surface area contributed by atoms with Gasteiger partial charge in [-0.15, -0.1) is 0 Å². The Morgan fingerprint density at radius 1 is 1.05 bits per heavy atom. The van der Waals surface area contributed by atoms with Crippen LogP contribution < -0.4 is 0 Å². The summed E-state index contributed by atoms with van der Waals surface area (Å²) >= 11 is 0. The van der Waals surface area contributed by atoms with Crippen molar-refractivity contribution in [2.45, 2.75) is 11.8 Å². The van der Waals surface area contributed by atoms with Crippen molar-refractivity contribution in [1.82, 2.24) is 4.98 Å². The molecule has 4 nitrogen and oxygen atoms in total. The molecule has 0 spiro atoms. The fourth-order valence-corrected chi connectivity index (χ4v) is 2.23. The molecule has 3 rings (SSSR count). The molecule has 110 valence electrons. The van der Waals surface area contributed by atoms with Crippen LogP contribution in [0.1, 0.15) is 5.56 Å². The number of nitrogens with one attached hydrogen (secondary N) is 1. The van der Waals surface area contributed by atoms with Crippen LogP contribution in [0.3, 0.4) is 0 Å². The molecule has 21 heavy (non-hydrogen) atoms. The van der Waals surface area contributed by atoms with E-state index in [1.165, 1.54) is 18.3 Å². The van der Waals surface area contributed by atoms with E-state index in [-0.39, 0.29) is 10.7 Å². The highest BCUT2D eigenvalue weighted by Gasteiger charge is 2.06. The summed E-state index contributed by atoms with van der Waals surface area (Å²) in [7, 11) is -4.02. The first kappa shape index (κ1) is 15.2. The molecule has 1 aromatic heterocycles. The molecule has 2 N–H and O–H groups in total. The fourth-order valence-electron chi connectivity index (χ4n) is 1.75. The fraction of sp³-hybridized carbons (Fsp3) is 0.0667. The second-order valence-corrected chi connectivity index (χ2v) is 5.89. The van der Waals surface area contributed by atoms with Gasteiger partial charge < -0.3 is 4.98 Å². The van der Waals surface area contributed by atoms with E-state index < -0.39 is 10.1 Å². The van der Waals surface area contributed by atoms with Crippen molar-refractivity contribution < 1.29 is 17.4 Å². The summed E-state index contributed by atoms with van der Waals surface area (Å²) in [5.74, 6) is -0.185. The first-order valence-electron chi connectivity index (χ1n) is 6.14. The van der Waals surface area contributed by atoms with Gasteiger partial charge in [-0.3, -0.25) is 4.55 Å².